The van der Waals surface area contributed by atoms with Gasteiger partial charge in [-0.3, -0.25) is 9.59 Å². The van der Waals surface area contributed by atoms with Gasteiger partial charge in [0.1, 0.15) is 0 Å². The number of rotatable bonds is 6. The van der Waals surface area contributed by atoms with E-state index in [4.69, 9.17) is 0 Å². The van der Waals surface area contributed by atoms with Crippen molar-refractivity contribution in [2.24, 2.45) is 0 Å². The predicted molar refractivity (Wildman–Crippen MR) is 118 cm³/mol. The fourth-order valence-electron chi connectivity index (χ4n) is 3.28. The molecule has 0 bridgehead atoms. The van der Waals surface area contributed by atoms with Crippen LogP contribution in [-0.4, -0.2) is 29.3 Å². The summed E-state index contributed by atoms with van der Waals surface area (Å²) in [5.74, 6) is -0.329. The molecular formula is C23H24N4O3. The summed E-state index contributed by atoms with van der Waals surface area (Å²) >= 11 is 0. The topological polar surface area (TPSA) is 90.5 Å². The monoisotopic (exact) mass is 404 g/mol. The van der Waals surface area contributed by atoms with Crippen LogP contribution in [0.15, 0.2) is 67.4 Å². The maximum absolute atomic E-state index is 12.7. The van der Waals surface area contributed by atoms with Gasteiger partial charge in [0.15, 0.2) is 0 Å². The molecule has 3 N–H and O–H groups in total. The molecule has 0 aliphatic carbocycles. The van der Waals surface area contributed by atoms with E-state index < -0.39 is 0 Å². The third-order valence-electron chi connectivity index (χ3n) is 4.68. The van der Waals surface area contributed by atoms with Crippen molar-refractivity contribution >= 4 is 35.3 Å². The molecule has 1 aliphatic heterocycles. The standard InChI is InChI=1S/C23H24N4O3/c1-3-13-24-23(30)26-19-10-8-18(9-11-19)25-22(29)15-21-20-7-5-4-6-17(20)12-14-27(21)16(2)28/h3-12,14,21H,1,13,15H2,2H3,(H,25,29)(H2,24,26,30). The summed E-state index contributed by atoms with van der Waals surface area (Å²) in [6.07, 6.45) is 5.32. The minimum Gasteiger partial charge on any atom is -0.334 e. The Hall–Kier alpha value is -3.87. The number of hydrogen-bond acceptors (Lipinski definition) is 3. The first kappa shape index (κ1) is 20.9. The molecule has 30 heavy (non-hydrogen) atoms. The fraction of sp³-hybridized carbons (Fsp3) is 0.174. The van der Waals surface area contributed by atoms with Gasteiger partial charge in [0, 0.05) is 31.0 Å². The number of nitrogens with zero attached hydrogens (tertiary/aromatic N) is 1. The minimum absolute atomic E-state index is 0.122. The summed E-state index contributed by atoms with van der Waals surface area (Å²) in [5, 5.41) is 8.16. The van der Waals surface area contributed by atoms with Crippen LogP contribution in [0.1, 0.15) is 30.5 Å². The lowest BCUT2D eigenvalue weighted by atomic mass is 9.93. The molecule has 0 spiro atoms. The van der Waals surface area contributed by atoms with Crippen LogP contribution in [0, 0.1) is 0 Å². The van der Waals surface area contributed by atoms with Crippen LogP contribution >= 0.6 is 0 Å². The molecular weight excluding hydrogens is 380 g/mol. The first-order valence-electron chi connectivity index (χ1n) is 9.59. The lowest BCUT2D eigenvalue weighted by Crippen LogP contribution is -2.33. The first-order chi connectivity index (χ1) is 14.5. The average molecular weight is 404 g/mol. The van der Waals surface area contributed by atoms with E-state index in [0.717, 1.165) is 11.1 Å². The van der Waals surface area contributed by atoms with Crippen molar-refractivity contribution in [2.45, 2.75) is 19.4 Å². The van der Waals surface area contributed by atoms with E-state index in [0.29, 0.717) is 17.9 Å². The number of hydrogen-bond donors (Lipinski definition) is 3. The molecule has 154 valence electrons. The SMILES string of the molecule is C=CCNC(=O)Nc1ccc(NC(=O)CC2c3ccccc3C=CN2C(C)=O)cc1. The number of carbonyl (C=O) groups excluding carboxylic acids is 3. The molecule has 1 aliphatic rings. The van der Waals surface area contributed by atoms with Gasteiger partial charge in [0.25, 0.3) is 0 Å². The van der Waals surface area contributed by atoms with Gasteiger partial charge in [-0.1, -0.05) is 30.3 Å². The second-order valence-corrected chi connectivity index (χ2v) is 6.84. The van der Waals surface area contributed by atoms with Crippen molar-refractivity contribution < 1.29 is 14.4 Å². The van der Waals surface area contributed by atoms with Gasteiger partial charge < -0.3 is 20.9 Å². The molecule has 0 aromatic heterocycles. The molecule has 1 unspecified atom stereocenters. The smallest absolute Gasteiger partial charge is 0.319 e. The highest BCUT2D eigenvalue weighted by Gasteiger charge is 2.28. The number of carbonyl (C=O) groups is 3. The molecule has 2 aromatic rings. The van der Waals surface area contributed by atoms with Crippen LogP contribution in [0.2, 0.25) is 0 Å². The summed E-state index contributed by atoms with van der Waals surface area (Å²) in [4.78, 5) is 38.0. The molecule has 7 nitrogen and oxygen atoms in total. The van der Waals surface area contributed by atoms with E-state index in [1.54, 1.807) is 41.4 Å². The van der Waals surface area contributed by atoms with Crippen LogP contribution in [0.3, 0.4) is 0 Å². The zero-order valence-electron chi connectivity index (χ0n) is 16.7. The Morgan fingerprint density at radius 2 is 1.70 bits per heavy atom. The fourth-order valence-corrected chi connectivity index (χ4v) is 3.28. The molecule has 0 fully saturated rings. The van der Waals surface area contributed by atoms with E-state index >= 15 is 0 Å². The Morgan fingerprint density at radius 1 is 1.03 bits per heavy atom. The van der Waals surface area contributed by atoms with Crippen LogP contribution in [-0.2, 0) is 9.59 Å². The van der Waals surface area contributed by atoms with Crippen LogP contribution in [0.4, 0.5) is 16.2 Å². The Labute approximate surface area is 175 Å². The molecule has 2 aromatic carbocycles. The Bertz CT molecular complexity index is 982. The van der Waals surface area contributed by atoms with Gasteiger partial charge in [-0.05, 0) is 41.5 Å². The highest BCUT2D eigenvalue weighted by molar-refractivity contribution is 5.93. The first-order valence-corrected chi connectivity index (χ1v) is 9.59. The molecule has 1 heterocycles. The van der Waals surface area contributed by atoms with Crippen LogP contribution in [0.5, 0.6) is 0 Å². The predicted octanol–water partition coefficient (Wildman–Crippen LogP) is 3.90. The zero-order valence-corrected chi connectivity index (χ0v) is 16.7. The Kier molecular flexibility index (Phi) is 6.64. The number of fused-ring (bicyclic) bond motifs is 1. The Balaban J connectivity index is 1.64. The van der Waals surface area contributed by atoms with Crippen molar-refractivity contribution in [3.05, 3.63) is 78.5 Å². The van der Waals surface area contributed by atoms with E-state index in [2.05, 4.69) is 22.5 Å². The normalized spacial score (nSPS) is 14.4. The Morgan fingerprint density at radius 3 is 2.37 bits per heavy atom. The quantitative estimate of drug-likeness (QED) is 0.638. The number of anilines is 2. The van der Waals surface area contributed by atoms with Gasteiger partial charge in [-0.15, -0.1) is 6.58 Å². The molecule has 7 heteroatoms. The third kappa shape index (κ3) is 5.14. The zero-order chi connectivity index (χ0) is 21.5. The van der Waals surface area contributed by atoms with E-state index in [1.807, 2.05) is 30.3 Å². The van der Waals surface area contributed by atoms with Crippen molar-refractivity contribution in [3.63, 3.8) is 0 Å². The van der Waals surface area contributed by atoms with E-state index in [9.17, 15) is 14.4 Å². The maximum atomic E-state index is 12.7. The van der Waals surface area contributed by atoms with Crippen molar-refractivity contribution in [1.82, 2.24) is 10.2 Å². The van der Waals surface area contributed by atoms with Crippen LogP contribution in [0.25, 0.3) is 6.08 Å². The van der Waals surface area contributed by atoms with Gasteiger partial charge in [0.2, 0.25) is 11.8 Å². The van der Waals surface area contributed by atoms with Gasteiger partial charge in [-0.2, -0.15) is 0 Å². The third-order valence-corrected chi connectivity index (χ3v) is 4.68. The van der Waals surface area contributed by atoms with Crippen molar-refractivity contribution in [2.75, 3.05) is 17.2 Å². The number of benzene rings is 2. The molecule has 3 rings (SSSR count). The maximum Gasteiger partial charge on any atom is 0.319 e. The van der Waals surface area contributed by atoms with Gasteiger partial charge >= 0.3 is 6.03 Å². The number of urea groups is 1. The van der Waals surface area contributed by atoms with Gasteiger partial charge in [0.05, 0.1) is 12.5 Å². The van der Waals surface area contributed by atoms with E-state index in [1.165, 1.54) is 6.92 Å². The lowest BCUT2D eigenvalue weighted by Gasteiger charge is -2.32. The van der Waals surface area contributed by atoms with Crippen molar-refractivity contribution in [1.29, 1.82) is 0 Å². The molecule has 1 atom stereocenters. The summed E-state index contributed by atoms with van der Waals surface area (Å²) in [5.41, 5.74) is 3.14. The molecule has 0 radical (unpaired) electrons. The summed E-state index contributed by atoms with van der Waals surface area (Å²) < 4.78 is 0. The molecule has 0 saturated carbocycles. The summed E-state index contributed by atoms with van der Waals surface area (Å²) in [6, 6.07) is 13.8. The minimum atomic E-state index is -0.363. The van der Waals surface area contributed by atoms with Gasteiger partial charge in [-0.25, -0.2) is 4.79 Å². The highest BCUT2D eigenvalue weighted by atomic mass is 16.2. The summed E-state index contributed by atoms with van der Waals surface area (Å²) in [7, 11) is 0. The summed E-state index contributed by atoms with van der Waals surface area (Å²) in [6.45, 7) is 5.40. The molecule has 4 amide bonds. The van der Waals surface area contributed by atoms with Crippen LogP contribution < -0.4 is 16.0 Å². The lowest BCUT2D eigenvalue weighted by molar-refractivity contribution is -0.129. The number of nitrogens with one attached hydrogen (secondary N) is 3. The second kappa shape index (κ2) is 9.56. The second-order valence-electron chi connectivity index (χ2n) is 6.84. The molecule has 0 saturated heterocycles. The van der Waals surface area contributed by atoms with Crippen molar-refractivity contribution in [3.8, 4) is 0 Å². The highest BCUT2D eigenvalue weighted by Crippen LogP contribution is 2.33. The number of amides is 4. The largest absolute Gasteiger partial charge is 0.334 e. The average Bonchev–Trinajstić information content (AvgIpc) is 2.73. The van der Waals surface area contributed by atoms with E-state index in [-0.39, 0.29) is 30.3 Å².